The fraction of sp³-hybridized carbons (Fsp3) is 0.227. The van der Waals surface area contributed by atoms with E-state index >= 15 is 0 Å². The zero-order valence-corrected chi connectivity index (χ0v) is 17.8. The Bertz CT molecular complexity index is 978. The van der Waals surface area contributed by atoms with Gasteiger partial charge in [0.2, 0.25) is 11.0 Å². The Hall–Kier alpha value is -3.19. The predicted octanol–water partition coefficient (Wildman–Crippen LogP) is 4.92. The summed E-state index contributed by atoms with van der Waals surface area (Å²) in [7, 11) is 4.01. The first-order valence-electron chi connectivity index (χ1n) is 9.37. The normalized spacial score (nSPS) is 11.1. The van der Waals surface area contributed by atoms with Gasteiger partial charge in [0, 0.05) is 31.3 Å². The molecule has 3 rings (SSSR count). The van der Waals surface area contributed by atoms with Gasteiger partial charge in [-0.3, -0.25) is 10.2 Å². The highest BCUT2D eigenvalue weighted by Gasteiger charge is 2.16. The third-order valence-corrected chi connectivity index (χ3v) is 5.09. The molecular formula is C22H25N5OS. The van der Waals surface area contributed by atoms with Crippen LogP contribution in [0.3, 0.4) is 0 Å². The number of rotatable bonds is 7. The monoisotopic (exact) mass is 407 g/mol. The molecule has 1 aromatic heterocycles. The standard InChI is InChI=1S/C22H25N5OS/c1-15(2)20(28)25-21-19(17-8-6-5-7-9-17)24-22(29-21)26-23-14-16-10-12-18(13-11-16)27(3)4/h5-15H,1-4H3,(H,24,26)(H,25,28). The van der Waals surface area contributed by atoms with Gasteiger partial charge in [-0.2, -0.15) is 5.10 Å². The molecule has 0 saturated heterocycles. The molecule has 3 aromatic rings. The molecule has 0 unspecified atom stereocenters. The van der Waals surface area contributed by atoms with Crippen LogP contribution in [0.25, 0.3) is 11.3 Å². The van der Waals surface area contributed by atoms with Crippen LogP contribution in [0.4, 0.5) is 15.8 Å². The summed E-state index contributed by atoms with van der Waals surface area (Å²) in [5.41, 5.74) is 6.77. The first kappa shape index (κ1) is 20.5. The SMILES string of the molecule is CC(C)C(=O)Nc1sc(NN=Cc2ccc(N(C)C)cc2)nc1-c1ccccc1. The molecule has 6 nitrogen and oxygen atoms in total. The average molecular weight is 408 g/mol. The van der Waals surface area contributed by atoms with E-state index in [0.717, 1.165) is 22.5 Å². The van der Waals surface area contributed by atoms with Gasteiger partial charge in [0.1, 0.15) is 10.7 Å². The van der Waals surface area contributed by atoms with E-state index < -0.39 is 0 Å². The molecule has 2 aromatic carbocycles. The highest BCUT2D eigenvalue weighted by atomic mass is 32.1. The number of amides is 1. The summed E-state index contributed by atoms with van der Waals surface area (Å²) in [6.45, 7) is 3.73. The zero-order chi connectivity index (χ0) is 20.8. The highest BCUT2D eigenvalue weighted by molar-refractivity contribution is 7.20. The molecule has 0 aliphatic carbocycles. The molecule has 0 fully saturated rings. The van der Waals surface area contributed by atoms with E-state index in [1.165, 1.54) is 11.3 Å². The molecular weight excluding hydrogens is 382 g/mol. The molecule has 0 saturated carbocycles. The fourth-order valence-corrected chi connectivity index (χ4v) is 3.36. The Morgan fingerprint density at radius 2 is 1.79 bits per heavy atom. The van der Waals surface area contributed by atoms with Crippen molar-refractivity contribution in [3.05, 3.63) is 60.2 Å². The van der Waals surface area contributed by atoms with Gasteiger partial charge in [0.05, 0.1) is 6.21 Å². The smallest absolute Gasteiger partial charge is 0.227 e. The summed E-state index contributed by atoms with van der Waals surface area (Å²) >= 11 is 1.37. The van der Waals surface area contributed by atoms with Gasteiger partial charge in [0.25, 0.3) is 0 Å². The molecule has 29 heavy (non-hydrogen) atoms. The maximum Gasteiger partial charge on any atom is 0.227 e. The Morgan fingerprint density at radius 1 is 1.10 bits per heavy atom. The Morgan fingerprint density at radius 3 is 2.41 bits per heavy atom. The van der Waals surface area contributed by atoms with Crippen molar-refractivity contribution in [3.63, 3.8) is 0 Å². The second-order valence-electron chi connectivity index (χ2n) is 7.06. The van der Waals surface area contributed by atoms with Gasteiger partial charge in [-0.15, -0.1) is 0 Å². The molecule has 0 spiro atoms. The largest absolute Gasteiger partial charge is 0.378 e. The molecule has 0 aliphatic heterocycles. The molecule has 0 radical (unpaired) electrons. The van der Waals surface area contributed by atoms with Crippen molar-refractivity contribution < 1.29 is 4.79 Å². The van der Waals surface area contributed by atoms with Gasteiger partial charge >= 0.3 is 0 Å². The lowest BCUT2D eigenvalue weighted by molar-refractivity contribution is -0.118. The van der Waals surface area contributed by atoms with Crippen molar-refractivity contribution in [1.82, 2.24) is 4.98 Å². The maximum atomic E-state index is 12.2. The van der Waals surface area contributed by atoms with E-state index in [0.29, 0.717) is 10.1 Å². The topological polar surface area (TPSA) is 69.6 Å². The molecule has 2 N–H and O–H groups in total. The van der Waals surface area contributed by atoms with E-state index in [-0.39, 0.29) is 11.8 Å². The third kappa shape index (κ3) is 5.42. The van der Waals surface area contributed by atoms with Crippen LogP contribution < -0.4 is 15.6 Å². The quantitative estimate of drug-likeness (QED) is 0.431. The van der Waals surface area contributed by atoms with Crippen LogP contribution in [0.15, 0.2) is 59.7 Å². The number of nitrogens with zero attached hydrogens (tertiary/aromatic N) is 3. The average Bonchev–Trinajstić information content (AvgIpc) is 3.11. The lowest BCUT2D eigenvalue weighted by atomic mass is 10.1. The lowest BCUT2D eigenvalue weighted by Crippen LogP contribution is -2.17. The minimum Gasteiger partial charge on any atom is -0.378 e. The second-order valence-corrected chi connectivity index (χ2v) is 8.06. The van der Waals surface area contributed by atoms with Crippen molar-refractivity contribution in [2.45, 2.75) is 13.8 Å². The molecule has 0 atom stereocenters. The summed E-state index contributed by atoms with van der Waals surface area (Å²) in [6.07, 6.45) is 1.75. The van der Waals surface area contributed by atoms with E-state index in [4.69, 9.17) is 0 Å². The Balaban J connectivity index is 1.78. The molecule has 7 heteroatoms. The van der Waals surface area contributed by atoms with Gasteiger partial charge in [-0.25, -0.2) is 4.98 Å². The van der Waals surface area contributed by atoms with Crippen molar-refractivity contribution in [2.24, 2.45) is 11.0 Å². The van der Waals surface area contributed by atoms with Crippen molar-refractivity contribution in [1.29, 1.82) is 0 Å². The number of aromatic nitrogens is 1. The van der Waals surface area contributed by atoms with Gasteiger partial charge in [0.15, 0.2) is 0 Å². The van der Waals surface area contributed by atoms with E-state index in [2.05, 4.69) is 20.8 Å². The van der Waals surface area contributed by atoms with Crippen LogP contribution >= 0.6 is 11.3 Å². The van der Waals surface area contributed by atoms with Crippen molar-refractivity contribution >= 4 is 39.3 Å². The van der Waals surface area contributed by atoms with Crippen LogP contribution in [0.2, 0.25) is 0 Å². The summed E-state index contributed by atoms with van der Waals surface area (Å²) in [5.74, 6) is -0.151. The van der Waals surface area contributed by atoms with E-state index in [1.54, 1.807) is 6.21 Å². The molecule has 1 amide bonds. The summed E-state index contributed by atoms with van der Waals surface area (Å²) in [5, 5.41) is 8.60. The van der Waals surface area contributed by atoms with E-state index in [1.807, 2.05) is 87.4 Å². The minimum atomic E-state index is -0.111. The Kier molecular flexibility index (Phi) is 6.61. The molecule has 0 bridgehead atoms. The number of benzene rings is 2. The lowest BCUT2D eigenvalue weighted by Gasteiger charge is -2.11. The number of hydrogen-bond donors (Lipinski definition) is 2. The van der Waals surface area contributed by atoms with Crippen molar-refractivity contribution in [2.75, 3.05) is 29.7 Å². The predicted molar refractivity (Wildman–Crippen MR) is 123 cm³/mol. The van der Waals surface area contributed by atoms with Crippen LogP contribution in [0.5, 0.6) is 0 Å². The second kappa shape index (κ2) is 9.34. The van der Waals surface area contributed by atoms with Crippen molar-refractivity contribution in [3.8, 4) is 11.3 Å². The number of carbonyl (C=O) groups excluding carboxylic acids is 1. The molecule has 150 valence electrons. The number of nitrogens with one attached hydrogen (secondary N) is 2. The van der Waals surface area contributed by atoms with Crippen LogP contribution in [0.1, 0.15) is 19.4 Å². The Labute approximate surface area is 175 Å². The minimum absolute atomic E-state index is 0.0399. The zero-order valence-electron chi connectivity index (χ0n) is 17.0. The summed E-state index contributed by atoms with van der Waals surface area (Å²) in [6, 6.07) is 17.9. The van der Waals surface area contributed by atoms with Crippen LogP contribution in [0, 0.1) is 5.92 Å². The first-order valence-corrected chi connectivity index (χ1v) is 10.2. The van der Waals surface area contributed by atoms with Gasteiger partial charge in [-0.05, 0) is 17.7 Å². The number of thiazole rings is 1. The number of hydrazone groups is 1. The summed E-state index contributed by atoms with van der Waals surface area (Å²) < 4.78 is 0. The van der Waals surface area contributed by atoms with E-state index in [9.17, 15) is 4.79 Å². The van der Waals surface area contributed by atoms with Crippen LogP contribution in [-0.4, -0.2) is 31.2 Å². The van der Waals surface area contributed by atoms with Crippen LogP contribution in [-0.2, 0) is 4.79 Å². The van der Waals surface area contributed by atoms with Gasteiger partial charge in [-0.1, -0.05) is 67.6 Å². The fourth-order valence-electron chi connectivity index (χ4n) is 2.52. The molecule has 1 heterocycles. The highest BCUT2D eigenvalue weighted by Crippen LogP contribution is 2.36. The van der Waals surface area contributed by atoms with Gasteiger partial charge < -0.3 is 10.2 Å². The molecule has 0 aliphatic rings. The first-order chi connectivity index (χ1) is 13.9. The maximum absolute atomic E-state index is 12.2. The third-order valence-electron chi connectivity index (χ3n) is 4.22. The summed E-state index contributed by atoms with van der Waals surface area (Å²) in [4.78, 5) is 18.9. The number of hydrogen-bond acceptors (Lipinski definition) is 6. The number of anilines is 3. The number of carbonyl (C=O) groups is 1.